The first-order chi connectivity index (χ1) is 5.70. The van der Waals surface area contributed by atoms with Crippen LogP contribution in [-0.4, -0.2) is 5.76 Å². The van der Waals surface area contributed by atoms with E-state index in [1.807, 2.05) is 0 Å². The van der Waals surface area contributed by atoms with Gasteiger partial charge in [-0.2, -0.15) is 8.78 Å². The number of rotatable bonds is 3. The van der Waals surface area contributed by atoms with Crippen LogP contribution >= 0.6 is 28.0 Å². The Morgan fingerprint density at radius 2 is 2.00 bits per heavy atom. The topological polar surface area (TPSA) is 9.23 Å². The molecule has 0 spiro atoms. The Bertz CT molecular complexity index is 257. The fourth-order valence-electron chi connectivity index (χ4n) is 0.601. The zero-order valence-electron chi connectivity index (χ0n) is 5.84. The number of para-hydroxylation sites is 1. The smallest absolute Gasteiger partial charge is 0.319 e. The second kappa shape index (κ2) is 4.67. The summed E-state index contributed by atoms with van der Waals surface area (Å²) in [5, 5.41) is 0. The van der Waals surface area contributed by atoms with Crippen LogP contribution in [0.15, 0.2) is 28.7 Å². The van der Waals surface area contributed by atoms with Crippen LogP contribution in [0.3, 0.4) is 0 Å². The highest BCUT2D eigenvalue weighted by Gasteiger charge is 2.06. The van der Waals surface area contributed by atoms with Gasteiger partial charge in [-0.05, 0) is 28.1 Å². The molecule has 0 atom stereocenters. The number of hydrogen-bond donors (Lipinski definition) is 0. The molecule has 0 N–H and O–H groups in total. The quantitative estimate of drug-likeness (QED) is 0.761. The molecule has 1 aromatic carbocycles. The van der Waals surface area contributed by atoms with Crippen LogP contribution in [0.4, 0.5) is 8.78 Å². The van der Waals surface area contributed by atoms with Gasteiger partial charge in [-0.3, -0.25) is 0 Å². The molecule has 0 saturated heterocycles. The molecular weight excluding hydrogens is 250 g/mol. The molecule has 0 radical (unpaired) electrons. The Morgan fingerprint density at radius 3 is 2.58 bits per heavy atom. The van der Waals surface area contributed by atoms with E-state index in [0.717, 1.165) is 0 Å². The second-order valence-corrected chi connectivity index (χ2v) is 3.44. The van der Waals surface area contributed by atoms with Crippen molar-refractivity contribution in [3.63, 3.8) is 0 Å². The lowest BCUT2D eigenvalue weighted by molar-refractivity contribution is 0.244. The minimum absolute atomic E-state index is 0.135. The van der Waals surface area contributed by atoms with Crippen LogP contribution in [0.2, 0.25) is 0 Å². The SMILES string of the molecule is FC(F)SOc1ccccc1Br. The molecule has 0 aliphatic heterocycles. The molecule has 0 unspecified atom stereocenters. The van der Waals surface area contributed by atoms with Gasteiger partial charge in [-0.15, -0.1) is 0 Å². The van der Waals surface area contributed by atoms with Crippen molar-refractivity contribution in [1.82, 2.24) is 0 Å². The van der Waals surface area contributed by atoms with Gasteiger partial charge in [0.15, 0.2) is 5.75 Å². The first kappa shape index (κ1) is 9.80. The van der Waals surface area contributed by atoms with Crippen molar-refractivity contribution in [3.8, 4) is 5.75 Å². The first-order valence-electron chi connectivity index (χ1n) is 3.06. The lowest BCUT2D eigenvalue weighted by Crippen LogP contribution is -1.88. The summed E-state index contributed by atoms with van der Waals surface area (Å²) in [6.07, 6.45) is 0. The van der Waals surface area contributed by atoms with Gasteiger partial charge in [0.25, 0.3) is 0 Å². The van der Waals surface area contributed by atoms with Crippen LogP contribution in [0.1, 0.15) is 0 Å². The summed E-state index contributed by atoms with van der Waals surface area (Å²) < 4.78 is 28.7. The van der Waals surface area contributed by atoms with Crippen molar-refractivity contribution in [2.75, 3.05) is 0 Å². The van der Waals surface area contributed by atoms with Crippen molar-refractivity contribution in [2.24, 2.45) is 0 Å². The molecule has 12 heavy (non-hydrogen) atoms. The molecule has 66 valence electrons. The van der Waals surface area contributed by atoms with Crippen molar-refractivity contribution in [1.29, 1.82) is 0 Å². The van der Waals surface area contributed by atoms with Crippen LogP contribution in [0.5, 0.6) is 5.75 Å². The molecule has 0 heterocycles. The summed E-state index contributed by atoms with van der Waals surface area (Å²) in [6.45, 7) is 0. The van der Waals surface area contributed by atoms with E-state index >= 15 is 0 Å². The van der Waals surface area contributed by atoms with E-state index in [-0.39, 0.29) is 12.0 Å². The van der Waals surface area contributed by atoms with Gasteiger partial charge in [0.2, 0.25) is 0 Å². The van der Waals surface area contributed by atoms with Crippen molar-refractivity contribution in [3.05, 3.63) is 28.7 Å². The Balaban J connectivity index is 2.57. The molecule has 0 saturated carbocycles. The monoisotopic (exact) mass is 254 g/mol. The molecular formula is C7H5BrF2OS. The van der Waals surface area contributed by atoms with E-state index < -0.39 is 5.76 Å². The van der Waals surface area contributed by atoms with Gasteiger partial charge < -0.3 is 4.18 Å². The Morgan fingerprint density at radius 1 is 1.33 bits per heavy atom. The Kier molecular flexibility index (Phi) is 3.81. The summed E-state index contributed by atoms with van der Waals surface area (Å²) in [4.78, 5) is 0. The lowest BCUT2D eigenvalue weighted by Gasteiger charge is -2.03. The lowest BCUT2D eigenvalue weighted by atomic mass is 10.3. The molecule has 1 rings (SSSR count). The normalized spacial score (nSPS) is 10.3. The summed E-state index contributed by atoms with van der Waals surface area (Å²) in [5.74, 6) is -2.11. The van der Waals surface area contributed by atoms with E-state index in [0.29, 0.717) is 10.2 Å². The summed E-state index contributed by atoms with van der Waals surface area (Å²) in [6, 6.07) is 6.83. The van der Waals surface area contributed by atoms with Gasteiger partial charge in [-0.25, -0.2) is 0 Å². The average molecular weight is 255 g/mol. The third-order valence-electron chi connectivity index (χ3n) is 1.05. The molecule has 0 bridgehead atoms. The third-order valence-corrected chi connectivity index (χ3v) is 2.12. The Labute approximate surface area is 81.4 Å². The fraction of sp³-hybridized carbons (Fsp3) is 0.143. The van der Waals surface area contributed by atoms with Gasteiger partial charge in [0.05, 0.1) is 4.47 Å². The standard InChI is InChI=1S/C7H5BrF2OS/c8-5-3-1-2-4-6(5)11-12-7(9)10/h1-4,7H. The van der Waals surface area contributed by atoms with Crippen molar-refractivity contribution < 1.29 is 13.0 Å². The van der Waals surface area contributed by atoms with Crippen molar-refractivity contribution >= 4 is 28.0 Å². The maximum atomic E-state index is 11.7. The van der Waals surface area contributed by atoms with E-state index in [9.17, 15) is 8.78 Å². The maximum Gasteiger partial charge on any atom is 0.319 e. The number of alkyl halides is 2. The first-order valence-corrected chi connectivity index (χ1v) is 4.66. The highest BCUT2D eigenvalue weighted by molar-refractivity contribution is 9.10. The van der Waals surface area contributed by atoms with Gasteiger partial charge in [-0.1, -0.05) is 12.1 Å². The van der Waals surface area contributed by atoms with E-state index in [2.05, 4.69) is 15.9 Å². The van der Waals surface area contributed by atoms with E-state index in [1.165, 1.54) is 0 Å². The van der Waals surface area contributed by atoms with Crippen molar-refractivity contribution in [2.45, 2.75) is 5.76 Å². The molecule has 5 heteroatoms. The maximum absolute atomic E-state index is 11.7. The largest absolute Gasteiger partial charge is 0.419 e. The number of benzene rings is 1. The highest BCUT2D eigenvalue weighted by Crippen LogP contribution is 2.28. The molecule has 0 aliphatic rings. The average Bonchev–Trinajstić information content (AvgIpc) is 2.03. The van der Waals surface area contributed by atoms with E-state index in [4.69, 9.17) is 4.18 Å². The fourth-order valence-corrected chi connectivity index (χ4v) is 1.40. The van der Waals surface area contributed by atoms with Gasteiger partial charge >= 0.3 is 5.76 Å². The number of halogens is 3. The molecule has 0 fully saturated rings. The van der Waals surface area contributed by atoms with Crippen LogP contribution in [-0.2, 0) is 0 Å². The molecule has 0 amide bonds. The second-order valence-electron chi connectivity index (χ2n) is 1.87. The minimum atomic E-state index is -2.52. The number of hydrogen-bond acceptors (Lipinski definition) is 2. The van der Waals surface area contributed by atoms with Crippen LogP contribution < -0.4 is 4.18 Å². The molecule has 1 aromatic rings. The third kappa shape index (κ3) is 2.98. The minimum Gasteiger partial charge on any atom is -0.419 e. The van der Waals surface area contributed by atoms with Gasteiger partial charge in [0, 0.05) is 0 Å². The predicted molar refractivity (Wildman–Crippen MR) is 48.4 cm³/mol. The summed E-state index contributed by atoms with van der Waals surface area (Å²) in [7, 11) is 0. The molecule has 1 nitrogen and oxygen atoms in total. The predicted octanol–water partition coefficient (Wildman–Crippen LogP) is 3.70. The summed E-state index contributed by atoms with van der Waals surface area (Å²) >= 11 is 3.30. The van der Waals surface area contributed by atoms with Gasteiger partial charge in [0.1, 0.15) is 12.0 Å². The van der Waals surface area contributed by atoms with Crippen LogP contribution in [0.25, 0.3) is 0 Å². The van der Waals surface area contributed by atoms with E-state index in [1.54, 1.807) is 24.3 Å². The molecule has 0 aliphatic carbocycles. The summed E-state index contributed by atoms with van der Waals surface area (Å²) in [5.41, 5.74) is 0. The highest BCUT2D eigenvalue weighted by atomic mass is 79.9. The zero-order chi connectivity index (χ0) is 8.97. The Hall–Kier alpha value is -0.290. The molecule has 0 aromatic heterocycles. The zero-order valence-corrected chi connectivity index (χ0v) is 8.24. The van der Waals surface area contributed by atoms with Crippen LogP contribution in [0, 0.1) is 0 Å².